The highest BCUT2D eigenvalue weighted by molar-refractivity contribution is 6.02. The number of methoxy groups -OCH3 is 2. The van der Waals surface area contributed by atoms with Gasteiger partial charge in [-0.3, -0.25) is 29.4 Å². The molecular formula is C44H57F2N11O7. The molecule has 20 heteroatoms. The van der Waals surface area contributed by atoms with E-state index < -0.39 is 24.4 Å². The fourth-order valence-corrected chi connectivity index (χ4v) is 9.53. The molecule has 64 heavy (non-hydrogen) atoms. The summed E-state index contributed by atoms with van der Waals surface area (Å²) in [7, 11) is 4.39. The smallest absolute Gasteiger partial charge is 0.342 e. The molecule has 2 unspecified atom stereocenters. The number of anilines is 4. The third-order valence-corrected chi connectivity index (χ3v) is 13.3. The van der Waals surface area contributed by atoms with Crippen LogP contribution in [0, 0.1) is 0 Å². The van der Waals surface area contributed by atoms with E-state index >= 15 is 8.78 Å². The number of piperidine rings is 1. The third-order valence-electron chi connectivity index (χ3n) is 13.3. The van der Waals surface area contributed by atoms with Gasteiger partial charge in [-0.25, -0.2) is 9.78 Å². The topological polar surface area (TPSA) is 185 Å². The number of benzene rings is 1. The quantitative estimate of drug-likeness (QED) is 0.283. The lowest BCUT2D eigenvalue weighted by atomic mass is 10.00. The number of hydrogen-bond donors (Lipinski definition) is 3. The van der Waals surface area contributed by atoms with Gasteiger partial charge in [0.25, 0.3) is 11.8 Å². The standard InChI is InChI=1S/C44H57F2N11O7/c1-52-34-26-47-42(51-39(34)57(30-6-4-5-7-30)27-44(45,46)41(52)61)49-32-10-8-28(24-36(32)64-3)40(60)48-29-12-17-55(18-13-29)38(59)15-16-53-20-22-54(23-21-53)31-9-11-35(63-2)33(25-31)56-19-14-37(58)50-43(56)62/h8-11,24-26,29-30,33,35H,4-7,12-23,27H2,1-3H3,(H,48,60)(H,47,49,51)(H,50,58,62). The monoisotopic (exact) mass is 889 g/mol. The predicted molar refractivity (Wildman–Crippen MR) is 233 cm³/mol. The van der Waals surface area contributed by atoms with E-state index in [1.165, 1.54) is 20.4 Å². The molecule has 2 atom stereocenters. The Bertz CT molecular complexity index is 2170. The molecule has 0 bridgehead atoms. The summed E-state index contributed by atoms with van der Waals surface area (Å²) >= 11 is 0. The van der Waals surface area contributed by atoms with E-state index in [0.717, 1.165) is 62.5 Å². The zero-order valence-corrected chi connectivity index (χ0v) is 36.6. The van der Waals surface area contributed by atoms with E-state index in [2.05, 4.69) is 35.7 Å². The molecule has 1 aromatic heterocycles. The van der Waals surface area contributed by atoms with Crippen LogP contribution in [-0.4, -0.2) is 170 Å². The number of hydrogen-bond acceptors (Lipinski definition) is 13. The number of ether oxygens (including phenoxy) is 2. The van der Waals surface area contributed by atoms with Crippen LogP contribution in [0.4, 0.5) is 36.7 Å². The maximum Gasteiger partial charge on any atom is 0.342 e. The Morgan fingerprint density at radius 1 is 0.969 bits per heavy atom. The average molecular weight is 890 g/mol. The lowest BCUT2D eigenvalue weighted by Gasteiger charge is -2.41. The van der Waals surface area contributed by atoms with E-state index in [1.807, 2.05) is 23.1 Å². The van der Waals surface area contributed by atoms with Crippen LogP contribution >= 0.6 is 0 Å². The number of imide groups is 1. The summed E-state index contributed by atoms with van der Waals surface area (Å²) in [6, 6.07) is 3.90. The number of nitrogens with zero attached hydrogens (tertiary/aromatic N) is 8. The second kappa shape index (κ2) is 19.1. The van der Waals surface area contributed by atoms with Crippen LogP contribution in [0.1, 0.15) is 61.7 Å². The Hall–Kier alpha value is -5.89. The maximum absolute atomic E-state index is 15.0. The molecular weight excluding hydrogens is 833 g/mol. The van der Waals surface area contributed by atoms with Gasteiger partial charge in [0.1, 0.15) is 11.4 Å². The largest absolute Gasteiger partial charge is 0.495 e. The molecule has 0 spiro atoms. The minimum atomic E-state index is -3.59. The normalized spacial score (nSPS) is 23.4. The van der Waals surface area contributed by atoms with E-state index in [1.54, 1.807) is 35.1 Å². The van der Waals surface area contributed by atoms with Crippen molar-refractivity contribution in [3.8, 4) is 5.75 Å². The zero-order valence-electron chi connectivity index (χ0n) is 36.6. The number of urea groups is 1. The molecule has 2 aliphatic carbocycles. The van der Waals surface area contributed by atoms with Crippen molar-refractivity contribution in [2.75, 3.05) is 95.3 Å². The van der Waals surface area contributed by atoms with Gasteiger partial charge in [0, 0.05) is 103 Å². The minimum absolute atomic E-state index is 0.0906. The number of carbonyl (C=O) groups is 5. The van der Waals surface area contributed by atoms with E-state index in [-0.39, 0.29) is 65.8 Å². The molecule has 1 saturated carbocycles. The van der Waals surface area contributed by atoms with Gasteiger partial charge in [0.2, 0.25) is 17.8 Å². The highest BCUT2D eigenvalue weighted by Gasteiger charge is 2.49. The highest BCUT2D eigenvalue weighted by Crippen LogP contribution is 2.40. The van der Waals surface area contributed by atoms with Crippen molar-refractivity contribution in [1.29, 1.82) is 0 Å². The first-order valence-electron chi connectivity index (χ1n) is 22.2. The Labute approximate surface area is 370 Å². The highest BCUT2D eigenvalue weighted by atomic mass is 19.3. The molecule has 344 valence electrons. The Morgan fingerprint density at radius 2 is 1.72 bits per heavy atom. The first-order valence-corrected chi connectivity index (χ1v) is 22.2. The van der Waals surface area contributed by atoms with Gasteiger partial charge in [-0.1, -0.05) is 18.9 Å². The zero-order chi connectivity index (χ0) is 45.1. The number of carbonyl (C=O) groups excluding carboxylic acids is 5. The van der Waals surface area contributed by atoms with E-state index in [9.17, 15) is 24.0 Å². The van der Waals surface area contributed by atoms with Gasteiger partial charge < -0.3 is 44.6 Å². The SMILES string of the molecule is COc1cc(C(=O)NC2CCN(C(=O)CCN3CCN(C4=CC(N5CCC(=O)NC5=O)C(OC)C=C4)CC3)CC2)ccc1Nc1ncc2c(n1)N(C1CCCC1)CC(F)(F)C(=O)N2C. The van der Waals surface area contributed by atoms with E-state index in [4.69, 9.17) is 9.47 Å². The van der Waals surface area contributed by atoms with Gasteiger partial charge in [-0.05, 0) is 56.0 Å². The fraction of sp³-hybridized carbons (Fsp3) is 0.568. The molecule has 6 aliphatic rings. The second-order valence-electron chi connectivity index (χ2n) is 17.2. The first kappa shape index (κ1) is 44.7. The van der Waals surface area contributed by atoms with E-state index in [0.29, 0.717) is 62.4 Å². The number of rotatable bonds is 12. The van der Waals surface area contributed by atoms with Gasteiger partial charge in [-0.15, -0.1) is 0 Å². The number of fused-ring (bicyclic) bond motifs is 1. The van der Waals surface area contributed by atoms with Crippen LogP contribution < -0.4 is 30.5 Å². The Balaban J connectivity index is 0.799. The van der Waals surface area contributed by atoms with Crippen LogP contribution in [0.25, 0.3) is 0 Å². The van der Waals surface area contributed by atoms with Crippen molar-refractivity contribution in [3.63, 3.8) is 0 Å². The van der Waals surface area contributed by atoms with Gasteiger partial charge in [0.15, 0.2) is 5.82 Å². The molecule has 5 heterocycles. The van der Waals surface area contributed by atoms with Gasteiger partial charge >= 0.3 is 12.0 Å². The van der Waals surface area contributed by atoms with Crippen molar-refractivity contribution in [2.24, 2.45) is 0 Å². The number of allylic oxidation sites excluding steroid dienone is 1. The molecule has 3 saturated heterocycles. The first-order chi connectivity index (χ1) is 30.8. The number of amides is 6. The van der Waals surface area contributed by atoms with Gasteiger partial charge in [0.05, 0.1) is 37.7 Å². The molecule has 4 fully saturated rings. The summed E-state index contributed by atoms with van der Waals surface area (Å²) in [5.74, 6) is -4.62. The molecule has 8 rings (SSSR count). The van der Waals surface area contributed by atoms with Crippen LogP contribution in [0.15, 0.2) is 48.3 Å². The molecule has 4 aliphatic heterocycles. The van der Waals surface area contributed by atoms with Crippen molar-refractivity contribution in [3.05, 3.63) is 53.9 Å². The summed E-state index contributed by atoms with van der Waals surface area (Å²) in [5, 5.41) is 8.62. The number of nitrogens with one attached hydrogen (secondary N) is 3. The summed E-state index contributed by atoms with van der Waals surface area (Å²) in [4.78, 5) is 83.2. The number of alkyl halides is 2. The second-order valence-corrected chi connectivity index (χ2v) is 17.2. The number of piperazine rings is 1. The lowest BCUT2D eigenvalue weighted by Crippen LogP contribution is -2.57. The van der Waals surface area contributed by atoms with Crippen molar-refractivity contribution in [1.82, 2.24) is 40.2 Å². The Kier molecular flexibility index (Phi) is 13.3. The number of likely N-dealkylation sites (tertiary alicyclic amines) is 1. The molecule has 3 N–H and O–H groups in total. The molecule has 1 aromatic carbocycles. The van der Waals surface area contributed by atoms with Crippen molar-refractivity contribution < 1.29 is 42.2 Å². The van der Waals surface area contributed by atoms with Crippen LogP contribution in [0.3, 0.4) is 0 Å². The maximum atomic E-state index is 15.0. The summed E-state index contributed by atoms with van der Waals surface area (Å²) < 4.78 is 41.4. The number of aromatic nitrogens is 2. The van der Waals surface area contributed by atoms with Crippen molar-refractivity contribution >= 4 is 52.8 Å². The van der Waals surface area contributed by atoms with Crippen LogP contribution in [0.2, 0.25) is 0 Å². The average Bonchev–Trinajstić information content (AvgIpc) is 3.83. The Morgan fingerprint density at radius 3 is 2.42 bits per heavy atom. The summed E-state index contributed by atoms with van der Waals surface area (Å²) in [5.41, 5.74) is 2.05. The molecule has 18 nitrogen and oxygen atoms in total. The summed E-state index contributed by atoms with van der Waals surface area (Å²) in [6.45, 7) is 4.41. The third kappa shape index (κ3) is 9.62. The minimum Gasteiger partial charge on any atom is -0.495 e. The number of halogens is 2. The fourth-order valence-electron chi connectivity index (χ4n) is 9.53. The van der Waals surface area contributed by atoms with Crippen molar-refractivity contribution in [2.45, 2.75) is 81.5 Å². The molecule has 0 radical (unpaired) electrons. The lowest BCUT2D eigenvalue weighted by molar-refractivity contribution is -0.140. The van der Waals surface area contributed by atoms with Crippen LogP contribution in [0.5, 0.6) is 5.75 Å². The predicted octanol–water partition coefficient (Wildman–Crippen LogP) is 3.10. The summed E-state index contributed by atoms with van der Waals surface area (Å²) in [6.07, 6.45) is 12.2. The molecule has 2 aromatic rings. The molecule has 6 amide bonds. The van der Waals surface area contributed by atoms with Crippen LogP contribution in [-0.2, 0) is 19.1 Å². The van der Waals surface area contributed by atoms with Gasteiger partial charge in [-0.2, -0.15) is 13.8 Å².